The molecule has 2 nitrogen and oxygen atoms in total. The molecule has 0 bridgehead atoms. The third-order valence-electron chi connectivity index (χ3n) is 5.90. The van der Waals surface area contributed by atoms with Crippen LogP contribution in [0.1, 0.15) is 71.1 Å². The summed E-state index contributed by atoms with van der Waals surface area (Å²) in [7, 11) is 0. The van der Waals surface area contributed by atoms with Crippen molar-refractivity contribution in [3.05, 3.63) is 0 Å². The third-order valence-corrected chi connectivity index (χ3v) is 5.90. The molecule has 110 valence electrons. The van der Waals surface area contributed by atoms with E-state index >= 15 is 0 Å². The maximum Gasteiger partial charge on any atom is 0.0685 e. The van der Waals surface area contributed by atoms with Gasteiger partial charge in [-0.25, -0.2) is 0 Å². The van der Waals surface area contributed by atoms with E-state index in [0.29, 0.717) is 5.60 Å². The lowest BCUT2D eigenvalue weighted by Gasteiger charge is -2.50. The van der Waals surface area contributed by atoms with Crippen molar-refractivity contribution in [1.82, 2.24) is 5.32 Å². The van der Waals surface area contributed by atoms with E-state index in [9.17, 15) is 0 Å². The highest BCUT2D eigenvalue weighted by molar-refractivity contribution is 4.98. The van der Waals surface area contributed by atoms with E-state index in [1.807, 2.05) is 0 Å². The third kappa shape index (κ3) is 3.00. The zero-order valence-corrected chi connectivity index (χ0v) is 12.6. The summed E-state index contributed by atoms with van der Waals surface area (Å²) in [6.45, 7) is 4.42. The van der Waals surface area contributed by atoms with Crippen molar-refractivity contribution >= 4 is 0 Å². The normalized spacial score (nSPS) is 33.0. The van der Waals surface area contributed by atoms with E-state index in [4.69, 9.17) is 4.74 Å². The molecule has 1 heterocycles. The van der Waals surface area contributed by atoms with Gasteiger partial charge in [-0.3, -0.25) is 0 Å². The van der Waals surface area contributed by atoms with E-state index in [1.165, 1.54) is 64.2 Å². The van der Waals surface area contributed by atoms with Gasteiger partial charge in [-0.15, -0.1) is 0 Å². The van der Waals surface area contributed by atoms with Crippen molar-refractivity contribution in [3.8, 4) is 0 Å². The van der Waals surface area contributed by atoms with E-state index in [2.05, 4.69) is 12.2 Å². The van der Waals surface area contributed by atoms with Crippen LogP contribution in [0.3, 0.4) is 0 Å². The maximum atomic E-state index is 6.12. The second-order valence-corrected chi connectivity index (χ2v) is 7.12. The number of hydrogen-bond acceptors (Lipinski definition) is 2. The van der Waals surface area contributed by atoms with Crippen LogP contribution in [0.25, 0.3) is 0 Å². The van der Waals surface area contributed by atoms with Gasteiger partial charge in [0, 0.05) is 12.6 Å². The quantitative estimate of drug-likeness (QED) is 0.832. The zero-order valence-electron chi connectivity index (χ0n) is 12.6. The van der Waals surface area contributed by atoms with Gasteiger partial charge in [-0.05, 0) is 63.3 Å². The number of hydrogen-bond donors (Lipinski definition) is 1. The first-order valence-corrected chi connectivity index (χ1v) is 8.70. The molecule has 0 radical (unpaired) electrons. The SMILES string of the molecule is CCNC(C1CCCCC1)C1CCOC2(CCC2)C1. The van der Waals surface area contributed by atoms with Gasteiger partial charge in [0.25, 0.3) is 0 Å². The summed E-state index contributed by atoms with van der Waals surface area (Å²) in [4.78, 5) is 0. The molecule has 3 fully saturated rings. The van der Waals surface area contributed by atoms with Crippen molar-refractivity contribution < 1.29 is 4.74 Å². The molecule has 0 aromatic heterocycles. The van der Waals surface area contributed by atoms with E-state index in [1.54, 1.807) is 0 Å². The molecule has 3 rings (SSSR count). The lowest BCUT2D eigenvalue weighted by molar-refractivity contribution is -0.149. The number of nitrogens with one attached hydrogen (secondary N) is 1. The zero-order chi connectivity index (χ0) is 13.1. The Morgan fingerprint density at radius 2 is 1.84 bits per heavy atom. The minimum Gasteiger partial charge on any atom is -0.375 e. The van der Waals surface area contributed by atoms with Crippen molar-refractivity contribution in [1.29, 1.82) is 0 Å². The molecule has 2 saturated carbocycles. The second-order valence-electron chi connectivity index (χ2n) is 7.12. The Labute approximate surface area is 118 Å². The topological polar surface area (TPSA) is 21.3 Å². The van der Waals surface area contributed by atoms with Crippen LogP contribution < -0.4 is 5.32 Å². The summed E-state index contributed by atoms with van der Waals surface area (Å²) in [5.74, 6) is 1.81. The lowest BCUT2D eigenvalue weighted by atomic mass is 9.67. The van der Waals surface area contributed by atoms with Gasteiger partial charge in [0.1, 0.15) is 0 Å². The molecule has 2 heteroatoms. The van der Waals surface area contributed by atoms with E-state index in [-0.39, 0.29) is 0 Å². The average molecular weight is 265 g/mol. The van der Waals surface area contributed by atoms with Crippen LogP contribution in [0.4, 0.5) is 0 Å². The van der Waals surface area contributed by atoms with Crippen LogP contribution >= 0.6 is 0 Å². The summed E-state index contributed by atoms with van der Waals surface area (Å²) in [5.41, 5.74) is 0.311. The molecule has 1 aliphatic heterocycles. The van der Waals surface area contributed by atoms with Gasteiger partial charge in [0.2, 0.25) is 0 Å². The highest BCUT2D eigenvalue weighted by atomic mass is 16.5. The van der Waals surface area contributed by atoms with Crippen LogP contribution in [-0.4, -0.2) is 24.8 Å². The monoisotopic (exact) mass is 265 g/mol. The van der Waals surface area contributed by atoms with Crippen molar-refractivity contribution in [3.63, 3.8) is 0 Å². The molecule has 19 heavy (non-hydrogen) atoms. The Morgan fingerprint density at radius 1 is 1.05 bits per heavy atom. The Bertz CT molecular complexity index is 281. The first-order chi connectivity index (χ1) is 9.33. The van der Waals surface area contributed by atoms with Gasteiger partial charge >= 0.3 is 0 Å². The maximum absolute atomic E-state index is 6.12. The molecule has 2 aliphatic carbocycles. The fourth-order valence-electron chi connectivity index (χ4n) is 4.74. The molecule has 1 N–H and O–H groups in total. The van der Waals surface area contributed by atoms with Gasteiger partial charge < -0.3 is 10.1 Å². The van der Waals surface area contributed by atoms with Gasteiger partial charge in [0.05, 0.1) is 5.60 Å². The molecule has 1 spiro atoms. The molecule has 0 amide bonds. The number of rotatable bonds is 4. The highest BCUT2D eigenvalue weighted by Gasteiger charge is 2.45. The van der Waals surface area contributed by atoms with Gasteiger partial charge in [-0.2, -0.15) is 0 Å². The first-order valence-electron chi connectivity index (χ1n) is 8.70. The standard InChI is InChI=1S/C17H31NO/c1-2-18-16(14-7-4-3-5-8-14)15-9-12-19-17(13-15)10-6-11-17/h14-16,18H,2-13H2,1H3. The molecule has 2 unspecified atom stereocenters. The van der Waals surface area contributed by atoms with Crippen LogP contribution in [0.2, 0.25) is 0 Å². The largest absolute Gasteiger partial charge is 0.375 e. The smallest absolute Gasteiger partial charge is 0.0685 e. The molecular formula is C17H31NO. The predicted octanol–water partition coefficient (Wildman–Crippen LogP) is 3.89. The molecule has 2 atom stereocenters. The highest BCUT2D eigenvalue weighted by Crippen LogP contribution is 2.46. The Morgan fingerprint density at radius 3 is 2.47 bits per heavy atom. The van der Waals surface area contributed by atoms with E-state index < -0.39 is 0 Å². The first kappa shape index (κ1) is 13.9. The Balaban J connectivity index is 1.64. The van der Waals surface area contributed by atoms with Crippen molar-refractivity contribution in [2.75, 3.05) is 13.2 Å². The average Bonchev–Trinajstić information content (AvgIpc) is 2.44. The van der Waals surface area contributed by atoms with Crippen molar-refractivity contribution in [2.45, 2.75) is 82.8 Å². The molecule has 0 aromatic rings. The summed E-state index contributed by atoms with van der Waals surface area (Å²) in [6.07, 6.45) is 14.0. The minimum absolute atomic E-state index is 0.311. The molecular weight excluding hydrogens is 234 g/mol. The summed E-state index contributed by atoms with van der Waals surface area (Å²) >= 11 is 0. The fourth-order valence-corrected chi connectivity index (χ4v) is 4.74. The van der Waals surface area contributed by atoms with Crippen LogP contribution in [0.5, 0.6) is 0 Å². The minimum atomic E-state index is 0.311. The van der Waals surface area contributed by atoms with Crippen molar-refractivity contribution in [2.24, 2.45) is 11.8 Å². The summed E-state index contributed by atoms with van der Waals surface area (Å²) in [5, 5.41) is 3.85. The lowest BCUT2D eigenvalue weighted by Crippen LogP contribution is -2.52. The Kier molecular flexibility index (Phi) is 4.48. The summed E-state index contributed by atoms with van der Waals surface area (Å²) in [6, 6.07) is 0.770. The Hall–Kier alpha value is -0.0800. The van der Waals surface area contributed by atoms with Crippen LogP contribution in [-0.2, 0) is 4.74 Å². The molecule has 0 aromatic carbocycles. The van der Waals surface area contributed by atoms with Crippen LogP contribution in [0, 0.1) is 11.8 Å². The van der Waals surface area contributed by atoms with Crippen LogP contribution in [0.15, 0.2) is 0 Å². The predicted molar refractivity (Wildman–Crippen MR) is 79.3 cm³/mol. The second kappa shape index (κ2) is 6.13. The van der Waals surface area contributed by atoms with Gasteiger partial charge in [0.15, 0.2) is 0 Å². The molecule has 1 saturated heterocycles. The number of ether oxygens (including phenoxy) is 1. The van der Waals surface area contributed by atoms with Gasteiger partial charge in [-0.1, -0.05) is 26.2 Å². The van der Waals surface area contributed by atoms with E-state index in [0.717, 1.165) is 31.0 Å². The molecule has 3 aliphatic rings. The summed E-state index contributed by atoms with van der Waals surface area (Å²) < 4.78 is 6.12. The fraction of sp³-hybridized carbons (Fsp3) is 1.00.